The lowest BCUT2D eigenvalue weighted by Gasteiger charge is -2.20. The van der Waals surface area contributed by atoms with Crippen molar-refractivity contribution in [1.29, 1.82) is 0 Å². The van der Waals surface area contributed by atoms with Gasteiger partial charge in [-0.05, 0) is 68.7 Å². The summed E-state index contributed by atoms with van der Waals surface area (Å²) in [4.78, 5) is 0.301. The Kier molecular flexibility index (Phi) is 4.61. The van der Waals surface area contributed by atoms with Crippen molar-refractivity contribution in [3.8, 4) is 5.75 Å². The molecule has 0 aliphatic heterocycles. The van der Waals surface area contributed by atoms with Gasteiger partial charge < -0.3 is 4.74 Å². The first-order chi connectivity index (χ1) is 10.2. The Morgan fingerprint density at radius 1 is 0.955 bits per heavy atom. The van der Waals surface area contributed by atoms with Crippen LogP contribution in [0.3, 0.4) is 0 Å². The summed E-state index contributed by atoms with van der Waals surface area (Å²) in [7, 11) is -3.17. The van der Waals surface area contributed by atoms with Gasteiger partial charge in [0.25, 0.3) is 0 Å². The van der Waals surface area contributed by atoms with E-state index in [1.807, 2.05) is 6.92 Å². The van der Waals surface area contributed by atoms with E-state index in [1.165, 1.54) is 28.5 Å². The molecule has 0 aromatic heterocycles. The van der Waals surface area contributed by atoms with Gasteiger partial charge in [0.15, 0.2) is 9.84 Å². The summed E-state index contributed by atoms with van der Waals surface area (Å²) in [6, 6.07) is 10.8. The maximum atomic E-state index is 11.5. The summed E-state index contributed by atoms with van der Waals surface area (Å²) in [5.74, 6) is 0.666. The van der Waals surface area contributed by atoms with E-state index in [9.17, 15) is 8.42 Å². The maximum Gasteiger partial charge on any atom is 0.175 e. The molecule has 0 aliphatic rings. The summed E-state index contributed by atoms with van der Waals surface area (Å²) >= 11 is 0. The lowest BCUT2D eigenvalue weighted by atomic mass is 9.96. The zero-order chi connectivity index (χ0) is 16.5. The van der Waals surface area contributed by atoms with E-state index in [2.05, 4.69) is 32.9 Å². The summed E-state index contributed by atoms with van der Waals surface area (Å²) in [5, 5.41) is 0. The monoisotopic (exact) mass is 318 g/mol. The number of sulfone groups is 1. The van der Waals surface area contributed by atoms with Crippen LogP contribution in [0.5, 0.6) is 5.75 Å². The van der Waals surface area contributed by atoms with Crippen LogP contribution in [0.2, 0.25) is 0 Å². The van der Waals surface area contributed by atoms with Crippen LogP contribution in [-0.4, -0.2) is 14.7 Å². The third-order valence-corrected chi connectivity index (χ3v) is 4.84. The smallest absolute Gasteiger partial charge is 0.175 e. The number of hydrogen-bond donors (Lipinski definition) is 0. The van der Waals surface area contributed by atoms with Gasteiger partial charge in [-0.15, -0.1) is 0 Å². The van der Waals surface area contributed by atoms with E-state index >= 15 is 0 Å². The number of benzene rings is 2. The molecule has 3 nitrogen and oxygen atoms in total. The Bertz CT molecular complexity index is 751. The molecule has 0 heterocycles. The number of rotatable bonds is 4. The zero-order valence-electron chi connectivity index (χ0n) is 13.7. The van der Waals surface area contributed by atoms with Crippen molar-refractivity contribution in [2.24, 2.45) is 0 Å². The molecule has 0 spiro atoms. The zero-order valence-corrected chi connectivity index (χ0v) is 14.5. The predicted octanol–water partition coefficient (Wildman–Crippen LogP) is 4.16. The van der Waals surface area contributed by atoms with Crippen LogP contribution in [-0.2, 0) is 9.84 Å². The van der Waals surface area contributed by atoms with Crippen LogP contribution in [0.15, 0.2) is 41.3 Å². The molecular weight excluding hydrogens is 296 g/mol. The van der Waals surface area contributed by atoms with Crippen LogP contribution in [0.1, 0.15) is 35.3 Å². The minimum absolute atomic E-state index is 0.0929. The van der Waals surface area contributed by atoms with E-state index in [-0.39, 0.29) is 6.10 Å². The largest absolute Gasteiger partial charge is 0.486 e. The molecule has 0 fully saturated rings. The normalized spacial score (nSPS) is 13.0. The average molecular weight is 318 g/mol. The molecule has 0 N–H and O–H groups in total. The highest BCUT2D eigenvalue weighted by Gasteiger charge is 2.14. The molecule has 1 atom stereocenters. The van der Waals surface area contributed by atoms with Gasteiger partial charge in [-0.25, -0.2) is 8.42 Å². The van der Waals surface area contributed by atoms with Gasteiger partial charge >= 0.3 is 0 Å². The first-order valence-electron chi connectivity index (χ1n) is 7.23. The fourth-order valence-corrected chi connectivity index (χ4v) is 3.49. The van der Waals surface area contributed by atoms with Crippen molar-refractivity contribution in [3.63, 3.8) is 0 Å². The van der Waals surface area contributed by atoms with E-state index < -0.39 is 9.84 Å². The van der Waals surface area contributed by atoms with Crippen LogP contribution in [0.4, 0.5) is 0 Å². The number of aryl methyl sites for hydroxylation is 3. The van der Waals surface area contributed by atoms with Crippen LogP contribution in [0, 0.1) is 20.8 Å². The highest BCUT2D eigenvalue weighted by molar-refractivity contribution is 7.90. The van der Waals surface area contributed by atoms with E-state index in [0.717, 1.165) is 0 Å². The second-order valence-corrected chi connectivity index (χ2v) is 7.83. The van der Waals surface area contributed by atoms with Gasteiger partial charge in [-0.1, -0.05) is 17.7 Å². The molecule has 2 rings (SSSR count). The van der Waals surface area contributed by atoms with Gasteiger partial charge in [-0.2, -0.15) is 0 Å². The molecule has 4 heteroatoms. The first-order valence-corrected chi connectivity index (χ1v) is 9.12. The molecule has 22 heavy (non-hydrogen) atoms. The Labute approximate surface area is 132 Å². The average Bonchev–Trinajstić information content (AvgIpc) is 2.36. The Hall–Kier alpha value is -1.81. The van der Waals surface area contributed by atoms with Crippen molar-refractivity contribution in [2.75, 3.05) is 6.26 Å². The Morgan fingerprint density at radius 3 is 1.91 bits per heavy atom. The van der Waals surface area contributed by atoms with Crippen molar-refractivity contribution >= 4 is 9.84 Å². The molecule has 118 valence electrons. The third kappa shape index (κ3) is 3.69. The molecule has 0 saturated heterocycles. The van der Waals surface area contributed by atoms with Crippen molar-refractivity contribution in [1.82, 2.24) is 0 Å². The molecule has 0 bridgehead atoms. The third-order valence-electron chi connectivity index (χ3n) is 3.71. The fraction of sp³-hybridized carbons (Fsp3) is 0.333. The quantitative estimate of drug-likeness (QED) is 0.850. The van der Waals surface area contributed by atoms with E-state index in [4.69, 9.17) is 4.74 Å². The molecule has 1 unspecified atom stereocenters. The Balaban J connectivity index is 2.24. The summed E-state index contributed by atoms with van der Waals surface area (Å²) in [6.07, 6.45) is 1.11. The summed E-state index contributed by atoms with van der Waals surface area (Å²) < 4.78 is 28.9. The Morgan fingerprint density at radius 2 is 1.45 bits per heavy atom. The van der Waals surface area contributed by atoms with Crippen LogP contribution < -0.4 is 4.74 Å². The van der Waals surface area contributed by atoms with Crippen molar-refractivity contribution in [2.45, 2.75) is 38.7 Å². The molecule has 0 aliphatic carbocycles. The number of ether oxygens (including phenoxy) is 1. The summed E-state index contributed by atoms with van der Waals surface area (Å²) in [5.41, 5.74) is 4.83. The lowest BCUT2D eigenvalue weighted by molar-refractivity contribution is 0.225. The summed E-state index contributed by atoms with van der Waals surface area (Å²) in [6.45, 7) is 8.26. The van der Waals surface area contributed by atoms with Crippen molar-refractivity contribution < 1.29 is 13.2 Å². The van der Waals surface area contributed by atoms with E-state index in [0.29, 0.717) is 10.6 Å². The molecule has 0 saturated carbocycles. The molecule has 0 amide bonds. The standard InChI is InChI=1S/C18H22O3S/c1-12-10-13(2)18(14(3)11-12)15(4)21-16-6-8-17(9-7-16)22(5,19)20/h6-11,15H,1-5H3. The molecule has 2 aromatic carbocycles. The first kappa shape index (κ1) is 16.6. The minimum Gasteiger partial charge on any atom is -0.486 e. The number of hydrogen-bond acceptors (Lipinski definition) is 3. The second-order valence-electron chi connectivity index (χ2n) is 5.82. The maximum absolute atomic E-state index is 11.5. The van der Waals surface area contributed by atoms with Gasteiger partial charge in [0, 0.05) is 6.26 Å². The second kappa shape index (κ2) is 6.13. The predicted molar refractivity (Wildman–Crippen MR) is 89.2 cm³/mol. The minimum atomic E-state index is -3.17. The van der Waals surface area contributed by atoms with Crippen LogP contribution in [0.25, 0.3) is 0 Å². The van der Waals surface area contributed by atoms with Crippen molar-refractivity contribution in [3.05, 3.63) is 58.7 Å². The molecule has 2 aromatic rings. The molecule has 0 radical (unpaired) electrons. The van der Waals surface area contributed by atoms with Gasteiger partial charge in [0.05, 0.1) is 4.90 Å². The van der Waals surface area contributed by atoms with Gasteiger partial charge in [-0.3, -0.25) is 0 Å². The molecular formula is C18H22O3S. The van der Waals surface area contributed by atoms with Crippen LogP contribution >= 0.6 is 0 Å². The highest BCUT2D eigenvalue weighted by Crippen LogP contribution is 2.28. The highest BCUT2D eigenvalue weighted by atomic mass is 32.2. The van der Waals surface area contributed by atoms with Gasteiger partial charge in [0.1, 0.15) is 11.9 Å². The SMILES string of the molecule is Cc1cc(C)c(C(C)Oc2ccc(S(C)(=O)=O)cc2)c(C)c1. The lowest BCUT2D eigenvalue weighted by Crippen LogP contribution is -2.08. The topological polar surface area (TPSA) is 43.4 Å². The fourth-order valence-electron chi connectivity index (χ4n) is 2.86. The van der Waals surface area contributed by atoms with E-state index in [1.54, 1.807) is 24.3 Å². The van der Waals surface area contributed by atoms with Gasteiger partial charge in [0.2, 0.25) is 0 Å².